The van der Waals surface area contributed by atoms with Crippen molar-refractivity contribution in [3.8, 4) is 0 Å². The molecule has 0 saturated carbocycles. The molecule has 6 heteroatoms. The van der Waals surface area contributed by atoms with Gasteiger partial charge in [-0.1, -0.05) is 48.4 Å². The molecule has 0 radical (unpaired) electrons. The minimum absolute atomic E-state index is 0.128. The number of rotatable bonds is 6. The first-order chi connectivity index (χ1) is 13.5. The van der Waals surface area contributed by atoms with E-state index < -0.39 is 0 Å². The maximum atomic E-state index is 12.7. The lowest BCUT2D eigenvalue weighted by Crippen LogP contribution is -2.31. The molecule has 0 aliphatic rings. The number of hydrogen-bond acceptors (Lipinski definition) is 3. The fraction of sp³-hybridized carbons (Fsp3) is 0.227. The molecule has 0 saturated heterocycles. The standard InChI is InChI=1S/C22H22ClN3O2/c1-3-11-26(21(27)10-7-16-6-4-5-15(2)12-16)14-20-24-19-13-17(23)8-9-18(19)22(28)25-20/h4-10,12-13H,3,11,14H2,1-2H3,(H,24,25,28)/b10-7+. The molecular formula is C22H22ClN3O2. The van der Waals surface area contributed by atoms with E-state index in [1.165, 1.54) is 0 Å². The SMILES string of the molecule is CCCN(Cc1nc2cc(Cl)ccc2c(=O)[nH]1)C(=O)/C=C/c1cccc(C)c1. The van der Waals surface area contributed by atoms with Gasteiger partial charge in [-0.25, -0.2) is 4.98 Å². The zero-order valence-electron chi connectivity index (χ0n) is 15.9. The molecule has 3 rings (SSSR count). The smallest absolute Gasteiger partial charge is 0.258 e. The average Bonchev–Trinajstić information content (AvgIpc) is 2.65. The van der Waals surface area contributed by atoms with Gasteiger partial charge in [-0.15, -0.1) is 0 Å². The maximum Gasteiger partial charge on any atom is 0.258 e. The van der Waals surface area contributed by atoms with E-state index in [9.17, 15) is 9.59 Å². The zero-order chi connectivity index (χ0) is 20.1. The molecule has 3 aromatic rings. The van der Waals surface area contributed by atoms with Crippen LogP contribution in [-0.2, 0) is 11.3 Å². The van der Waals surface area contributed by atoms with Crippen molar-refractivity contribution < 1.29 is 4.79 Å². The van der Waals surface area contributed by atoms with Crippen molar-refractivity contribution in [2.24, 2.45) is 0 Å². The van der Waals surface area contributed by atoms with Crippen molar-refractivity contribution in [2.45, 2.75) is 26.8 Å². The van der Waals surface area contributed by atoms with Gasteiger partial charge in [-0.05, 0) is 43.2 Å². The summed E-state index contributed by atoms with van der Waals surface area (Å²) >= 11 is 6.01. The van der Waals surface area contributed by atoms with E-state index in [-0.39, 0.29) is 18.0 Å². The molecule has 28 heavy (non-hydrogen) atoms. The lowest BCUT2D eigenvalue weighted by Gasteiger charge is -2.20. The predicted molar refractivity (Wildman–Crippen MR) is 113 cm³/mol. The Morgan fingerprint density at radius 1 is 1.25 bits per heavy atom. The van der Waals surface area contributed by atoms with E-state index in [4.69, 9.17) is 11.6 Å². The van der Waals surface area contributed by atoms with Crippen molar-refractivity contribution >= 4 is 34.5 Å². The van der Waals surface area contributed by atoms with E-state index in [0.717, 1.165) is 17.5 Å². The van der Waals surface area contributed by atoms with Gasteiger partial charge in [0.25, 0.3) is 5.56 Å². The molecule has 144 valence electrons. The molecule has 0 spiro atoms. The number of aromatic amines is 1. The van der Waals surface area contributed by atoms with Crippen molar-refractivity contribution in [1.29, 1.82) is 0 Å². The average molecular weight is 396 g/mol. The molecule has 0 atom stereocenters. The van der Waals surface area contributed by atoms with E-state index in [1.807, 2.05) is 38.1 Å². The number of aryl methyl sites for hydroxylation is 1. The summed E-state index contributed by atoms with van der Waals surface area (Å²) in [6, 6.07) is 12.9. The monoisotopic (exact) mass is 395 g/mol. The second-order valence-electron chi connectivity index (χ2n) is 6.68. The fourth-order valence-corrected chi connectivity index (χ4v) is 3.17. The highest BCUT2D eigenvalue weighted by Gasteiger charge is 2.13. The van der Waals surface area contributed by atoms with E-state index in [0.29, 0.717) is 28.3 Å². The third-order valence-corrected chi connectivity index (χ3v) is 4.56. The molecule has 0 fully saturated rings. The molecule has 0 aliphatic carbocycles. The Kier molecular flexibility index (Phi) is 6.26. The van der Waals surface area contributed by atoms with E-state index in [2.05, 4.69) is 9.97 Å². The Morgan fingerprint density at radius 3 is 2.82 bits per heavy atom. The van der Waals surface area contributed by atoms with Gasteiger partial charge in [0.05, 0.1) is 17.4 Å². The van der Waals surface area contributed by atoms with Crippen molar-refractivity contribution in [2.75, 3.05) is 6.54 Å². The van der Waals surface area contributed by atoms with Gasteiger partial charge in [0.15, 0.2) is 0 Å². The zero-order valence-corrected chi connectivity index (χ0v) is 16.7. The predicted octanol–water partition coefficient (Wildman–Crippen LogP) is 4.34. The Balaban J connectivity index is 1.83. The second-order valence-corrected chi connectivity index (χ2v) is 7.12. The molecule has 2 aromatic carbocycles. The number of carbonyl (C=O) groups excluding carboxylic acids is 1. The van der Waals surface area contributed by atoms with Gasteiger partial charge in [0.2, 0.25) is 5.91 Å². The first kappa shape index (κ1) is 19.8. The largest absolute Gasteiger partial charge is 0.332 e. The molecule has 5 nitrogen and oxygen atoms in total. The molecule has 0 aliphatic heterocycles. The van der Waals surface area contributed by atoms with Crippen LogP contribution in [0.4, 0.5) is 0 Å². The van der Waals surface area contributed by atoms with Gasteiger partial charge in [-0.3, -0.25) is 9.59 Å². The van der Waals surface area contributed by atoms with Gasteiger partial charge >= 0.3 is 0 Å². The van der Waals surface area contributed by atoms with Crippen LogP contribution in [0.15, 0.2) is 53.3 Å². The molecule has 0 unspecified atom stereocenters. The fourth-order valence-electron chi connectivity index (χ4n) is 3.00. The number of benzene rings is 2. The van der Waals surface area contributed by atoms with Gasteiger partial charge < -0.3 is 9.88 Å². The summed E-state index contributed by atoms with van der Waals surface area (Å²) in [7, 11) is 0. The number of nitrogens with zero attached hydrogens (tertiary/aromatic N) is 2. The lowest BCUT2D eigenvalue weighted by molar-refractivity contribution is -0.126. The maximum absolute atomic E-state index is 12.7. The number of nitrogens with one attached hydrogen (secondary N) is 1. The molecule has 1 N–H and O–H groups in total. The summed E-state index contributed by atoms with van der Waals surface area (Å²) in [6.07, 6.45) is 4.16. The number of halogens is 1. The summed E-state index contributed by atoms with van der Waals surface area (Å²) in [6.45, 7) is 4.80. The van der Waals surface area contributed by atoms with Crippen LogP contribution in [0.25, 0.3) is 17.0 Å². The first-order valence-electron chi connectivity index (χ1n) is 9.18. The van der Waals surface area contributed by atoms with E-state index >= 15 is 0 Å². The van der Waals surface area contributed by atoms with Crippen molar-refractivity contribution in [3.63, 3.8) is 0 Å². The normalized spacial score (nSPS) is 11.2. The van der Waals surface area contributed by atoms with Crippen molar-refractivity contribution in [1.82, 2.24) is 14.9 Å². The quantitative estimate of drug-likeness (QED) is 0.631. The highest BCUT2D eigenvalue weighted by Crippen LogP contribution is 2.15. The topological polar surface area (TPSA) is 66.1 Å². The number of hydrogen-bond donors (Lipinski definition) is 1. The minimum Gasteiger partial charge on any atom is -0.332 e. The Labute approximate surface area is 168 Å². The minimum atomic E-state index is -0.240. The molecular weight excluding hydrogens is 374 g/mol. The second kappa shape index (κ2) is 8.85. The number of H-pyrrole nitrogens is 1. The third-order valence-electron chi connectivity index (χ3n) is 4.32. The van der Waals surface area contributed by atoms with Crippen LogP contribution in [0.5, 0.6) is 0 Å². The number of amides is 1. The van der Waals surface area contributed by atoms with Crippen LogP contribution in [0, 0.1) is 6.92 Å². The van der Waals surface area contributed by atoms with Gasteiger partial charge in [0.1, 0.15) is 5.82 Å². The van der Waals surface area contributed by atoms with Gasteiger partial charge in [-0.2, -0.15) is 0 Å². The summed E-state index contributed by atoms with van der Waals surface area (Å²) < 4.78 is 0. The van der Waals surface area contributed by atoms with Crippen LogP contribution >= 0.6 is 11.6 Å². The molecule has 0 bridgehead atoms. The number of carbonyl (C=O) groups is 1. The van der Waals surface area contributed by atoms with Crippen LogP contribution in [0.1, 0.15) is 30.3 Å². The van der Waals surface area contributed by atoms with Crippen LogP contribution in [0.2, 0.25) is 5.02 Å². The lowest BCUT2D eigenvalue weighted by atomic mass is 10.1. The number of aromatic nitrogens is 2. The Morgan fingerprint density at radius 2 is 2.07 bits per heavy atom. The summed E-state index contributed by atoms with van der Waals surface area (Å²) in [5.74, 6) is 0.308. The Bertz CT molecular complexity index is 1090. The first-order valence-corrected chi connectivity index (χ1v) is 9.56. The highest BCUT2D eigenvalue weighted by molar-refractivity contribution is 6.31. The van der Waals surface area contributed by atoms with Crippen LogP contribution < -0.4 is 5.56 Å². The van der Waals surface area contributed by atoms with Crippen LogP contribution in [-0.4, -0.2) is 27.3 Å². The highest BCUT2D eigenvalue weighted by atomic mass is 35.5. The summed E-state index contributed by atoms with van der Waals surface area (Å²) in [5.41, 5.74) is 2.38. The summed E-state index contributed by atoms with van der Waals surface area (Å²) in [5, 5.41) is 0.986. The Hall–Kier alpha value is -2.92. The third kappa shape index (κ3) is 4.87. The van der Waals surface area contributed by atoms with Gasteiger partial charge in [0, 0.05) is 17.6 Å². The summed E-state index contributed by atoms with van der Waals surface area (Å²) in [4.78, 5) is 33.9. The van der Waals surface area contributed by atoms with E-state index in [1.54, 1.807) is 35.3 Å². The molecule has 1 amide bonds. The molecule has 1 heterocycles. The van der Waals surface area contributed by atoms with Crippen molar-refractivity contribution in [3.05, 3.63) is 80.9 Å². The molecule has 1 aromatic heterocycles. The van der Waals surface area contributed by atoms with Crippen LogP contribution in [0.3, 0.4) is 0 Å². The number of fused-ring (bicyclic) bond motifs is 1.